The van der Waals surface area contributed by atoms with Gasteiger partial charge in [0.15, 0.2) is 0 Å². The minimum absolute atomic E-state index is 0.0515. The molecule has 0 saturated carbocycles. The zero-order valence-corrected chi connectivity index (χ0v) is 15.6. The zero-order chi connectivity index (χ0) is 21.2. The lowest BCUT2D eigenvalue weighted by atomic mass is 10.1. The Morgan fingerprint density at radius 1 is 1.10 bits per heavy atom. The van der Waals surface area contributed by atoms with E-state index in [0.29, 0.717) is 31.7 Å². The van der Waals surface area contributed by atoms with E-state index in [4.69, 9.17) is 11.6 Å². The number of ether oxygens (including phenoxy) is 1. The van der Waals surface area contributed by atoms with Crippen molar-refractivity contribution < 1.29 is 31.5 Å². The molecular formula is C18H15ClF5N3O2. The minimum atomic E-state index is -4.53. The first-order valence-electron chi connectivity index (χ1n) is 8.47. The number of benzene rings is 1. The molecule has 1 aromatic carbocycles. The molecule has 2 aromatic rings. The van der Waals surface area contributed by atoms with Crippen molar-refractivity contribution >= 4 is 23.3 Å². The Morgan fingerprint density at radius 2 is 1.72 bits per heavy atom. The van der Waals surface area contributed by atoms with Gasteiger partial charge in [0.25, 0.3) is 5.91 Å². The van der Waals surface area contributed by atoms with Gasteiger partial charge in [0.2, 0.25) is 0 Å². The Labute approximate surface area is 167 Å². The van der Waals surface area contributed by atoms with Crippen molar-refractivity contribution in [1.82, 2.24) is 9.88 Å². The van der Waals surface area contributed by atoms with Crippen molar-refractivity contribution in [3.05, 3.63) is 52.7 Å². The zero-order valence-electron chi connectivity index (χ0n) is 14.8. The first kappa shape index (κ1) is 21.1. The summed E-state index contributed by atoms with van der Waals surface area (Å²) in [6.45, 7) is -1.69. The Kier molecular flexibility index (Phi) is 6.11. The molecule has 1 amide bonds. The topological polar surface area (TPSA) is 45.7 Å². The fourth-order valence-electron chi connectivity index (χ4n) is 2.90. The summed E-state index contributed by atoms with van der Waals surface area (Å²) in [5.74, 6) is -0.121. The highest BCUT2D eigenvalue weighted by Gasteiger charge is 2.32. The maximum Gasteiger partial charge on any atom is 0.417 e. The number of alkyl halides is 5. The molecule has 1 aliphatic heterocycles. The highest BCUT2D eigenvalue weighted by Crippen LogP contribution is 2.33. The highest BCUT2D eigenvalue weighted by molar-refractivity contribution is 6.33. The van der Waals surface area contributed by atoms with Crippen LogP contribution in [0.2, 0.25) is 5.02 Å². The Morgan fingerprint density at radius 3 is 2.24 bits per heavy atom. The number of rotatable bonds is 4. The van der Waals surface area contributed by atoms with Crippen LogP contribution in [0.5, 0.6) is 5.75 Å². The standard InChI is InChI=1S/C18H15ClF5N3O2/c19-14-9-12(18(22,23)24)10-25-15(14)26-5-7-27(8-6-26)16(28)11-1-3-13(4-2-11)29-17(20)21/h1-4,9-10,17H,5-8H2. The number of piperazine rings is 1. The number of carbonyl (C=O) groups excluding carboxylic acids is 1. The van der Waals surface area contributed by atoms with Gasteiger partial charge in [-0.15, -0.1) is 0 Å². The second-order valence-corrected chi connectivity index (χ2v) is 6.62. The predicted molar refractivity (Wildman–Crippen MR) is 95.4 cm³/mol. The number of aromatic nitrogens is 1. The van der Waals surface area contributed by atoms with Gasteiger partial charge in [0.05, 0.1) is 10.6 Å². The predicted octanol–water partition coefficient (Wildman–Crippen LogP) is 4.32. The average molecular weight is 436 g/mol. The first-order chi connectivity index (χ1) is 13.6. The molecule has 1 aliphatic rings. The van der Waals surface area contributed by atoms with Crippen molar-refractivity contribution in [2.75, 3.05) is 31.1 Å². The van der Waals surface area contributed by atoms with E-state index in [-0.39, 0.29) is 22.5 Å². The van der Waals surface area contributed by atoms with Crippen LogP contribution >= 0.6 is 11.6 Å². The lowest BCUT2D eigenvalue weighted by molar-refractivity contribution is -0.137. The Bertz CT molecular complexity index is 869. The summed E-state index contributed by atoms with van der Waals surface area (Å²) in [6.07, 6.45) is -3.81. The van der Waals surface area contributed by atoms with Crippen molar-refractivity contribution in [2.24, 2.45) is 0 Å². The lowest BCUT2D eigenvalue weighted by Crippen LogP contribution is -2.49. The van der Waals surface area contributed by atoms with Gasteiger partial charge in [-0.3, -0.25) is 4.79 Å². The molecule has 0 radical (unpaired) electrons. The molecule has 2 heterocycles. The van der Waals surface area contributed by atoms with Gasteiger partial charge in [-0.1, -0.05) is 11.6 Å². The molecule has 1 saturated heterocycles. The maximum absolute atomic E-state index is 12.7. The highest BCUT2D eigenvalue weighted by atomic mass is 35.5. The number of hydrogen-bond donors (Lipinski definition) is 0. The molecule has 0 spiro atoms. The molecule has 1 aromatic heterocycles. The molecule has 0 N–H and O–H groups in total. The van der Waals surface area contributed by atoms with Crippen LogP contribution in [0.25, 0.3) is 0 Å². The molecule has 0 unspecified atom stereocenters. The maximum atomic E-state index is 12.7. The summed E-state index contributed by atoms with van der Waals surface area (Å²) in [5.41, 5.74) is -0.620. The fraction of sp³-hybridized carbons (Fsp3) is 0.333. The van der Waals surface area contributed by atoms with Gasteiger partial charge in [0, 0.05) is 37.9 Å². The number of anilines is 1. The van der Waals surface area contributed by atoms with Gasteiger partial charge in [0.1, 0.15) is 11.6 Å². The minimum Gasteiger partial charge on any atom is -0.435 e. The molecule has 0 atom stereocenters. The number of nitrogens with zero attached hydrogens (tertiary/aromatic N) is 3. The van der Waals surface area contributed by atoms with Crippen LogP contribution < -0.4 is 9.64 Å². The number of amides is 1. The molecule has 29 heavy (non-hydrogen) atoms. The van der Waals surface area contributed by atoms with Crippen LogP contribution in [-0.4, -0.2) is 48.6 Å². The van der Waals surface area contributed by atoms with Crippen LogP contribution in [0.3, 0.4) is 0 Å². The Hall–Kier alpha value is -2.62. The summed E-state index contributed by atoms with van der Waals surface area (Å²) >= 11 is 5.96. The monoisotopic (exact) mass is 435 g/mol. The van der Waals surface area contributed by atoms with Crippen LogP contribution in [0.1, 0.15) is 15.9 Å². The van der Waals surface area contributed by atoms with E-state index in [1.165, 1.54) is 24.3 Å². The van der Waals surface area contributed by atoms with Crippen LogP contribution in [-0.2, 0) is 6.18 Å². The van der Waals surface area contributed by atoms with Gasteiger partial charge in [-0.25, -0.2) is 4.98 Å². The smallest absolute Gasteiger partial charge is 0.417 e. The van der Waals surface area contributed by atoms with Crippen LogP contribution in [0, 0.1) is 0 Å². The molecule has 1 fully saturated rings. The van der Waals surface area contributed by atoms with Crippen molar-refractivity contribution in [1.29, 1.82) is 0 Å². The van der Waals surface area contributed by atoms with Crippen molar-refractivity contribution in [2.45, 2.75) is 12.8 Å². The summed E-state index contributed by atoms with van der Waals surface area (Å²) in [7, 11) is 0. The third kappa shape index (κ3) is 5.06. The van der Waals surface area contributed by atoms with E-state index >= 15 is 0 Å². The summed E-state index contributed by atoms with van der Waals surface area (Å²) in [4.78, 5) is 19.6. The number of hydrogen-bond acceptors (Lipinski definition) is 4. The molecule has 3 rings (SSSR count). The molecule has 0 aliphatic carbocycles. The van der Waals surface area contributed by atoms with E-state index in [1.54, 1.807) is 9.80 Å². The van der Waals surface area contributed by atoms with Crippen LogP contribution in [0.15, 0.2) is 36.5 Å². The average Bonchev–Trinajstić information content (AvgIpc) is 2.67. The second-order valence-electron chi connectivity index (χ2n) is 6.21. The van der Waals surface area contributed by atoms with Gasteiger partial charge < -0.3 is 14.5 Å². The molecule has 5 nitrogen and oxygen atoms in total. The third-order valence-electron chi connectivity index (χ3n) is 4.34. The summed E-state index contributed by atoms with van der Waals surface area (Å²) in [5, 5.41) is -0.116. The summed E-state index contributed by atoms with van der Waals surface area (Å²) in [6, 6.07) is 6.16. The van der Waals surface area contributed by atoms with Gasteiger partial charge in [-0.2, -0.15) is 22.0 Å². The molecule has 0 bridgehead atoms. The van der Waals surface area contributed by atoms with E-state index in [2.05, 4.69) is 9.72 Å². The van der Waals surface area contributed by atoms with Gasteiger partial charge >= 0.3 is 12.8 Å². The normalized spacial score (nSPS) is 15.0. The van der Waals surface area contributed by atoms with E-state index in [0.717, 1.165) is 12.3 Å². The number of halogens is 6. The lowest BCUT2D eigenvalue weighted by Gasteiger charge is -2.35. The first-order valence-corrected chi connectivity index (χ1v) is 8.85. The number of carbonyl (C=O) groups is 1. The molecule has 156 valence electrons. The van der Waals surface area contributed by atoms with Crippen LogP contribution in [0.4, 0.5) is 27.8 Å². The second kappa shape index (κ2) is 8.40. The number of pyridine rings is 1. The van der Waals surface area contributed by atoms with Crippen molar-refractivity contribution in [3.8, 4) is 5.75 Å². The molecular weight excluding hydrogens is 421 g/mol. The molecule has 11 heteroatoms. The van der Waals surface area contributed by atoms with E-state index in [1.807, 2.05) is 0 Å². The quantitative estimate of drug-likeness (QED) is 0.671. The fourth-order valence-corrected chi connectivity index (χ4v) is 3.19. The van der Waals surface area contributed by atoms with E-state index < -0.39 is 18.4 Å². The van der Waals surface area contributed by atoms with Crippen molar-refractivity contribution in [3.63, 3.8) is 0 Å². The SMILES string of the molecule is O=C(c1ccc(OC(F)F)cc1)N1CCN(c2ncc(C(F)(F)F)cc2Cl)CC1. The van der Waals surface area contributed by atoms with Gasteiger partial charge in [-0.05, 0) is 30.3 Å². The largest absolute Gasteiger partial charge is 0.435 e. The Balaban J connectivity index is 1.62. The van der Waals surface area contributed by atoms with E-state index in [9.17, 15) is 26.7 Å². The third-order valence-corrected chi connectivity index (χ3v) is 4.62. The summed E-state index contributed by atoms with van der Waals surface area (Å²) < 4.78 is 66.8.